The van der Waals surface area contributed by atoms with Gasteiger partial charge in [0.2, 0.25) is 0 Å². The summed E-state index contributed by atoms with van der Waals surface area (Å²) in [6, 6.07) is 0.405. The summed E-state index contributed by atoms with van der Waals surface area (Å²) in [6.45, 7) is 0. The number of alkyl halides is 3. The number of aromatic hydroxyl groups is 1. The van der Waals surface area contributed by atoms with Gasteiger partial charge in [-0.2, -0.15) is 13.2 Å². The van der Waals surface area contributed by atoms with Crippen LogP contribution in [-0.4, -0.2) is 24.3 Å². The molecule has 1 aromatic rings. The molecule has 2 N–H and O–H groups in total. The Morgan fingerprint density at radius 3 is 2.29 bits per heavy atom. The van der Waals surface area contributed by atoms with E-state index in [0.717, 1.165) is 14.2 Å². The van der Waals surface area contributed by atoms with E-state index in [-0.39, 0.29) is 0 Å². The fraction of sp³-hybridized carbons (Fsp3) is 0.444. The van der Waals surface area contributed by atoms with Crippen molar-refractivity contribution >= 4 is 0 Å². The van der Waals surface area contributed by atoms with Crippen molar-refractivity contribution in [3.8, 4) is 5.88 Å². The highest BCUT2D eigenvalue weighted by molar-refractivity contribution is 5.32. The van der Waals surface area contributed by atoms with Crippen LogP contribution in [0.1, 0.15) is 17.4 Å². The summed E-state index contributed by atoms with van der Waals surface area (Å²) in [5.41, 5.74) is -3.15. The van der Waals surface area contributed by atoms with Gasteiger partial charge in [0, 0.05) is 20.3 Å². The summed E-state index contributed by atoms with van der Waals surface area (Å²) >= 11 is 0. The smallest absolute Gasteiger partial charge is 0.417 e. The van der Waals surface area contributed by atoms with E-state index in [1.165, 1.54) is 0 Å². The zero-order valence-electron chi connectivity index (χ0n) is 8.96. The quantitative estimate of drug-likeness (QED) is 0.798. The number of aromatic nitrogens is 1. The van der Waals surface area contributed by atoms with Gasteiger partial charge in [-0.15, -0.1) is 0 Å². The first kappa shape index (κ1) is 13.5. The van der Waals surface area contributed by atoms with E-state index in [0.29, 0.717) is 6.07 Å². The van der Waals surface area contributed by atoms with Gasteiger partial charge in [0.05, 0.1) is 11.1 Å². The maximum atomic E-state index is 12.7. The van der Waals surface area contributed by atoms with Crippen molar-refractivity contribution in [3.05, 3.63) is 27.5 Å². The Bertz CT molecular complexity index is 451. The van der Waals surface area contributed by atoms with Gasteiger partial charge >= 0.3 is 6.18 Å². The topological polar surface area (TPSA) is 71.5 Å². The summed E-state index contributed by atoms with van der Waals surface area (Å²) in [5, 5.41) is 8.97. The molecule has 0 fully saturated rings. The van der Waals surface area contributed by atoms with Crippen molar-refractivity contribution in [2.75, 3.05) is 14.2 Å². The van der Waals surface area contributed by atoms with Crippen LogP contribution in [0, 0.1) is 0 Å². The maximum absolute atomic E-state index is 12.7. The molecule has 5 nitrogen and oxygen atoms in total. The van der Waals surface area contributed by atoms with Crippen LogP contribution < -0.4 is 5.56 Å². The van der Waals surface area contributed by atoms with Crippen LogP contribution >= 0.6 is 0 Å². The predicted molar refractivity (Wildman–Crippen MR) is 50.5 cm³/mol. The Kier molecular flexibility index (Phi) is 3.79. The van der Waals surface area contributed by atoms with Gasteiger partial charge in [0.25, 0.3) is 5.56 Å². The van der Waals surface area contributed by atoms with Gasteiger partial charge in [-0.25, -0.2) is 0 Å². The van der Waals surface area contributed by atoms with Crippen LogP contribution in [0.3, 0.4) is 0 Å². The van der Waals surface area contributed by atoms with Crippen molar-refractivity contribution in [2.24, 2.45) is 0 Å². The number of ether oxygens (including phenoxy) is 2. The third-order valence-corrected chi connectivity index (χ3v) is 2.03. The van der Waals surface area contributed by atoms with Gasteiger partial charge in [-0.3, -0.25) is 9.78 Å². The minimum atomic E-state index is -4.80. The molecule has 0 radical (unpaired) electrons. The first-order valence-electron chi connectivity index (χ1n) is 4.40. The largest absolute Gasteiger partial charge is 0.494 e. The summed E-state index contributed by atoms with van der Waals surface area (Å²) in [5.74, 6) is -0.878. The molecular formula is C9H10F3NO4. The molecule has 0 spiro atoms. The van der Waals surface area contributed by atoms with Crippen molar-refractivity contribution in [1.82, 2.24) is 4.98 Å². The Hall–Kier alpha value is -1.54. The molecule has 17 heavy (non-hydrogen) atoms. The molecule has 1 heterocycles. The first-order valence-corrected chi connectivity index (χ1v) is 4.40. The molecule has 0 aliphatic carbocycles. The second-order valence-electron chi connectivity index (χ2n) is 3.11. The summed E-state index contributed by atoms with van der Waals surface area (Å²) in [6.07, 6.45) is -6.26. The Morgan fingerprint density at radius 1 is 1.35 bits per heavy atom. The van der Waals surface area contributed by atoms with E-state index in [9.17, 15) is 18.0 Å². The Labute approximate surface area is 93.8 Å². The molecule has 0 aromatic carbocycles. The SMILES string of the molecule is COC(OC)c1c(C(F)(F)F)cc(O)[nH]c1=O. The van der Waals surface area contributed by atoms with E-state index in [1.807, 2.05) is 4.98 Å². The molecule has 0 aliphatic rings. The molecule has 0 saturated heterocycles. The molecule has 0 bridgehead atoms. The minimum Gasteiger partial charge on any atom is -0.494 e. The number of halogens is 3. The van der Waals surface area contributed by atoms with Crippen molar-refractivity contribution in [1.29, 1.82) is 0 Å². The molecule has 0 amide bonds. The number of nitrogens with one attached hydrogen (secondary N) is 1. The number of hydrogen-bond donors (Lipinski definition) is 2. The third kappa shape index (κ3) is 2.77. The molecule has 0 saturated carbocycles. The minimum absolute atomic E-state index is 0.405. The zero-order chi connectivity index (χ0) is 13.2. The number of methoxy groups -OCH3 is 2. The molecule has 96 valence electrons. The molecule has 0 unspecified atom stereocenters. The summed E-state index contributed by atoms with van der Waals surface area (Å²) < 4.78 is 47.2. The van der Waals surface area contributed by atoms with Crippen LogP contribution in [0.25, 0.3) is 0 Å². The molecule has 0 aliphatic heterocycles. The van der Waals surface area contributed by atoms with Crippen LogP contribution in [0.5, 0.6) is 5.88 Å². The average Bonchev–Trinajstić information content (AvgIpc) is 2.20. The fourth-order valence-electron chi connectivity index (χ4n) is 1.36. The van der Waals surface area contributed by atoms with Crippen LogP contribution in [0.4, 0.5) is 13.2 Å². The summed E-state index contributed by atoms with van der Waals surface area (Å²) in [4.78, 5) is 13.2. The predicted octanol–water partition coefficient (Wildman–Crippen LogP) is 1.39. The number of H-pyrrole nitrogens is 1. The molecule has 1 aromatic heterocycles. The highest BCUT2D eigenvalue weighted by atomic mass is 19.4. The summed E-state index contributed by atoms with van der Waals surface area (Å²) in [7, 11) is 2.20. The highest BCUT2D eigenvalue weighted by Gasteiger charge is 2.38. The maximum Gasteiger partial charge on any atom is 0.417 e. The van der Waals surface area contributed by atoms with Gasteiger partial charge in [0.1, 0.15) is 0 Å². The lowest BCUT2D eigenvalue weighted by molar-refractivity contribution is -0.148. The zero-order valence-corrected chi connectivity index (χ0v) is 8.96. The van der Waals surface area contributed by atoms with Gasteiger partial charge in [-0.05, 0) is 0 Å². The number of rotatable bonds is 3. The number of hydrogen-bond acceptors (Lipinski definition) is 4. The van der Waals surface area contributed by atoms with Gasteiger partial charge in [0.15, 0.2) is 12.2 Å². The van der Waals surface area contributed by atoms with Crippen LogP contribution in [0.2, 0.25) is 0 Å². The second-order valence-corrected chi connectivity index (χ2v) is 3.11. The number of pyridine rings is 1. The van der Waals surface area contributed by atoms with Crippen LogP contribution in [0.15, 0.2) is 10.9 Å². The van der Waals surface area contributed by atoms with Gasteiger partial charge < -0.3 is 14.6 Å². The molecular weight excluding hydrogens is 243 g/mol. The number of aromatic amines is 1. The fourth-order valence-corrected chi connectivity index (χ4v) is 1.36. The van der Waals surface area contributed by atoms with E-state index >= 15 is 0 Å². The standard InChI is InChI=1S/C9H10F3NO4/c1-16-8(17-2)6-4(9(10,11)12)3-5(14)13-7(6)15/h3,8H,1-2H3,(H2,13,14,15). The van der Waals surface area contributed by atoms with E-state index in [2.05, 4.69) is 9.47 Å². The average molecular weight is 253 g/mol. The Morgan fingerprint density at radius 2 is 1.88 bits per heavy atom. The van der Waals surface area contributed by atoms with Crippen molar-refractivity contribution in [3.63, 3.8) is 0 Å². The molecule has 0 atom stereocenters. The normalized spacial score (nSPS) is 12.1. The lowest BCUT2D eigenvalue weighted by atomic mass is 10.1. The third-order valence-electron chi connectivity index (χ3n) is 2.03. The highest BCUT2D eigenvalue weighted by Crippen LogP contribution is 2.35. The Balaban J connectivity index is 3.51. The lowest BCUT2D eigenvalue weighted by Crippen LogP contribution is -2.25. The molecule has 1 rings (SSSR count). The van der Waals surface area contributed by atoms with E-state index in [1.54, 1.807) is 0 Å². The first-order chi connectivity index (χ1) is 7.81. The van der Waals surface area contributed by atoms with Crippen molar-refractivity contribution < 1.29 is 27.8 Å². The molecule has 8 heteroatoms. The van der Waals surface area contributed by atoms with Crippen LogP contribution in [-0.2, 0) is 15.7 Å². The lowest BCUT2D eigenvalue weighted by Gasteiger charge is -2.18. The monoisotopic (exact) mass is 253 g/mol. The van der Waals surface area contributed by atoms with E-state index < -0.39 is 35.0 Å². The van der Waals surface area contributed by atoms with E-state index in [4.69, 9.17) is 5.11 Å². The second kappa shape index (κ2) is 4.76. The van der Waals surface area contributed by atoms with Gasteiger partial charge in [-0.1, -0.05) is 0 Å². The van der Waals surface area contributed by atoms with Crippen molar-refractivity contribution in [2.45, 2.75) is 12.5 Å².